The maximum atomic E-state index is 10.7. The van der Waals surface area contributed by atoms with Gasteiger partial charge < -0.3 is 4.74 Å². The number of fused-ring (bicyclic) bond motifs is 5. The Morgan fingerprint density at radius 1 is 1.07 bits per heavy atom. The zero-order valence-electron chi connectivity index (χ0n) is 20.2. The Balaban J connectivity index is 1.47. The van der Waals surface area contributed by atoms with Crippen molar-refractivity contribution in [3.8, 4) is 0 Å². The van der Waals surface area contributed by atoms with E-state index in [0.717, 1.165) is 48.3 Å². The van der Waals surface area contributed by atoms with Crippen LogP contribution >= 0.6 is 0 Å². The van der Waals surface area contributed by atoms with Crippen molar-refractivity contribution in [1.82, 2.24) is 0 Å². The predicted molar refractivity (Wildman–Crippen MR) is 124 cm³/mol. The first kappa shape index (κ1) is 22.4. The molecule has 3 fully saturated rings. The van der Waals surface area contributed by atoms with Gasteiger partial charge in [-0.3, -0.25) is 0 Å². The van der Waals surface area contributed by atoms with E-state index in [4.69, 9.17) is 4.74 Å². The van der Waals surface area contributed by atoms with Crippen molar-refractivity contribution in [1.29, 1.82) is 0 Å². The molecule has 0 spiro atoms. The van der Waals surface area contributed by atoms with Crippen LogP contribution in [-0.4, -0.2) is 12.6 Å². The minimum Gasteiger partial charge on any atom is -0.454 e. The second-order valence-electron chi connectivity index (χ2n) is 12.4. The van der Waals surface area contributed by atoms with Gasteiger partial charge in [0.2, 0.25) is 0 Å². The molecule has 0 aromatic rings. The molecule has 0 aliphatic heterocycles. The molecule has 1 radical (unpaired) electrons. The average molecular weight is 414 g/mol. The summed E-state index contributed by atoms with van der Waals surface area (Å²) in [5, 5.41) is 0. The minimum atomic E-state index is 0.0646. The SMILES string of the molecule is CC(C)CCC[C@@H](C)[C@H]1CCC2C3CC=C4CC(O[C]=O)CC[C@]4(C)C3CC[C@@]21C. The van der Waals surface area contributed by atoms with Gasteiger partial charge in [-0.25, -0.2) is 4.79 Å². The van der Waals surface area contributed by atoms with Crippen molar-refractivity contribution in [3.05, 3.63) is 11.6 Å². The Labute approximate surface area is 185 Å². The maximum absolute atomic E-state index is 10.7. The summed E-state index contributed by atoms with van der Waals surface area (Å²) in [5.41, 5.74) is 2.50. The number of ether oxygens (including phenoxy) is 1. The van der Waals surface area contributed by atoms with Crippen molar-refractivity contribution >= 4 is 6.47 Å². The molecular formula is C28H45O2. The largest absolute Gasteiger partial charge is 0.454 e. The normalized spacial score (nSPS) is 43.9. The van der Waals surface area contributed by atoms with E-state index in [0.29, 0.717) is 10.8 Å². The summed E-state index contributed by atoms with van der Waals surface area (Å²) < 4.78 is 5.24. The fourth-order valence-corrected chi connectivity index (χ4v) is 8.82. The molecule has 0 aromatic carbocycles. The minimum absolute atomic E-state index is 0.0646. The first-order valence-electron chi connectivity index (χ1n) is 13.0. The number of rotatable bonds is 7. The summed E-state index contributed by atoms with van der Waals surface area (Å²) in [6.45, 7) is 14.2. The first-order chi connectivity index (χ1) is 14.3. The van der Waals surface area contributed by atoms with Gasteiger partial charge in [0, 0.05) is 6.42 Å². The van der Waals surface area contributed by atoms with Crippen LogP contribution in [0.3, 0.4) is 0 Å². The molecule has 4 unspecified atom stereocenters. The van der Waals surface area contributed by atoms with E-state index in [9.17, 15) is 4.79 Å². The lowest BCUT2D eigenvalue weighted by Gasteiger charge is -2.58. The molecule has 0 heterocycles. The fourth-order valence-electron chi connectivity index (χ4n) is 8.82. The zero-order valence-corrected chi connectivity index (χ0v) is 20.2. The van der Waals surface area contributed by atoms with Crippen molar-refractivity contribution in [2.24, 2.45) is 46.3 Å². The topological polar surface area (TPSA) is 26.3 Å². The van der Waals surface area contributed by atoms with E-state index in [2.05, 4.69) is 40.7 Å². The molecule has 30 heavy (non-hydrogen) atoms. The summed E-state index contributed by atoms with van der Waals surface area (Å²) in [4.78, 5) is 10.7. The molecule has 0 saturated heterocycles. The highest BCUT2D eigenvalue weighted by Crippen LogP contribution is 2.67. The van der Waals surface area contributed by atoms with Gasteiger partial charge in [0.25, 0.3) is 0 Å². The summed E-state index contributed by atoms with van der Waals surface area (Å²) in [5.74, 6) is 5.29. The highest BCUT2D eigenvalue weighted by Gasteiger charge is 2.59. The summed E-state index contributed by atoms with van der Waals surface area (Å²) >= 11 is 0. The molecule has 0 aromatic heterocycles. The van der Waals surface area contributed by atoms with E-state index >= 15 is 0 Å². The van der Waals surface area contributed by atoms with Crippen LogP contribution in [0.5, 0.6) is 0 Å². The van der Waals surface area contributed by atoms with Crippen LogP contribution in [0.4, 0.5) is 0 Å². The van der Waals surface area contributed by atoms with Gasteiger partial charge >= 0.3 is 6.47 Å². The van der Waals surface area contributed by atoms with Gasteiger partial charge in [0.1, 0.15) is 6.10 Å². The molecule has 4 aliphatic rings. The third-order valence-corrected chi connectivity index (χ3v) is 10.5. The van der Waals surface area contributed by atoms with Crippen LogP contribution in [0.1, 0.15) is 105 Å². The average Bonchev–Trinajstić information content (AvgIpc) is 3.05. The van der Waals surface area contributed by atoms with E-state index in [1.807, 2.05) is 0 Å². The third-order valence-electron chi connectivity index (χ3n) is 10.5. The highest BCUT2D eigenvalue weighted by atomic mass is 16.5. The van der Waals surface area contributed by atoms with Gasteiger partial charge in [-0.2, -0.15) is 0 Å². The van der Waals surface area contributed by atoms with Crippen LogP contribution in [0.2, 0.25) is 0 Å². The summed E-state index contributed by atoms with van der Waals surface area (Å²) in [6, 6.07) is 0. The molecule has 2 heteroatoms. The van der Waals surface area contributed by atoms with Crippen molar-refractivity contribution in [3.63, 3.8) is 0 Å². The second kappa shape index (κ2) is 8.62. The van der Waals surface area contributed by atoms with E-state index in [-0.39, 0.29) is 6.10 Å². The fraction of sp³-hybridized carbons (Fsp3) is 0.893. The van der Waals surface area contributed by atoms with Gasteiger partial charge in [0.15, 0.2) is 0 Å². The standard InChI is InChI=1S/C28H45O2/c1-19(2)7-6-8-20(3)24-11-12-25-23-10-9-21-17-22(30-18-29)13-15-27(21,4)26(23)14-16-28(24,25)5/h9,19-20,22-26H,6-8,10-17H2,1-5H3/t20-,22?,23?,24-,25?,26?,27+,28-/m1/s1. The van der Waals surface area contributed by atoms with E-state index in [1.54, 1.807) is 12.0 Å². The Hall–Kier alpha value is -0.790. The van der Waals surface area contributed by atoms with Crippen LogP contribution in [0.25, 0.3) is 0 Å². The maximum Gasteiger partial charge on any atom is 0.417 e. The molecular weight excluding hydrogens is 368 g/mol. The number of hydrogen-bond acceptors (Lipinski definition) is 2. The molecule has 4 rings (SSSR count). The number of carbonyl (C=O) groups excluding carboxylic acids is 1. The van der Waals surface area contributed by atoms with E-state index in [1.165, 1.54) is 57.8 Å². The lowest BCUT2D eigenvalue weighted by Crippen LogP contribution is -2.51. The number of hydrogen-bond donors (Lipinski definition) is 0. The lowest BCUT2D eigenvalue weighted by atomic mass is 9.47. The van der Waals surface area contributed by atoms with Crippen LogP contribution in [0.15, 0.2) is 11.6 Å². The number of allylic oxidation sites excluding steroid dienone is 1. The Morgan fingerprint density at radius 3 is 2.60 bits per heavy atom. The molecule has 2 nitrogen and oxygen atoms in total. The van der Waals surface area contributed by atoms with Crippen LogP contribution < -0.4 is 0 Å². The predicted octanol–water partition coefficient (Wildman–Crippen LogP) is 7.48. The van der Waals surface area contributed by atoms with Gasteiger partial charge in [-0.05, 0) is 91.3 Å². The monoisotopic (exact) mass is 413 g/mol. The van der Waals surface area contributed by atoms with Crippen molar-refractivity contribution in [2.75, 3.05) is 0 Å². The quantitative estimate of drug-likeness (QED) is 0.404. The molecule has 0 N–H and O–H groups in total. The Morgan fingerprint density at radius 2 is 1.87 bits per heavy atom. The Kier molecular flexibility index (Phi) is 6.44. The third kappa shape index (κ3) is 3.79. The summed E-state index contributed by atoms with van der Waals surface area (Å²) in [6.07, 6.45) is 17.1. The molecule has 4 aliphatic carbocycles. The van der Waals surface area contributed by atoms with Gasteiger partial charge in [-0.15, -0.1) is 0 Å². The van der Waals surface area contributed by atoms with Crippen molar-refractivity contribution < 1.29 is 9.53 Å². The molecule has 0 bridgehead atoms. The van der Waals surface area contributed by atoms with Gasteiger partial charge in [-0.1, -0.05) is 65.5 Å². The molecule has 0 amide bonds. The molecule has 8 atom stereocenters. The second-order valence-corrected chi connectivity index (χ2v) is 12.4. The smallest absolute Gasteiger partial charge is 0.417 e. The van der Waals surface area contributed by atoms with Crippen LogP contribution in [0, 0.1) is 46.3 Å². The lowest BCUT2D eigenvalue weighted by molar-refractivity contribution is -0.0565. The molecule has 169 valence electrons. The van der Waals surface area contributed by atoms with E-state index < -0.39 is 0 Å². The van der Waals surface area contributed by atoms with Gasteiger partial charge in [0.05, 0.1) is 0 Å². The van der Waals surface area contributed by atoms with Crippen molar-refractivity contribution in [2.45, 2.75) is 111 Å². The summed E-state index contributed by atoms with van der Waals surface area (Å²) in [7, 11) is 0. The molecule has 3 saturated carbocycles. The first-order valence-corrected chi connectivity index (χ1v) is 13.0. The highest BCUT2D eigenvalue weighted by molar-refractivity contribution is 5.39. The Bertz CT molecular complexity index is 651. The van der Waals surface area contributed by atoms with Crippen LogP contribution in [-0.2, 0) is 9.53 Å². The zero-order chi connectivity index (χ0) is 21.5.